The van der Waals surface area contributed by atoms with Crippen molar-refractivity contribution in [1.82, 2.24) is 4.98 Å². The minimum atomic E-state index is -3.91. The van der Waals surface area contributed by atoms with E-state index in [4.69, 9.17) is 5.11 Å². The van der Waals surface area contributed by atoms with Gasteiger partial charge in [-0.2, -0.15) is 0 Å². The number of sulfonamides is 1. The van der Waals surface area contributed by atoms with Crippen LogP contribution in [0.25, 0.3) is 0 Å². The van der Waals surface area contributed by atoms with Crippen LogP contribution in [0.4, 0.5) is 9.52 Å². The Morgan fingerprint density at radius 2 is 2.25 bits per heavy atom. The van der Waals surface area contributed by atoms with Crippen LogP contribution in [0, 0.1) is 17.7 Å². The second kappa shape index (κ2) is 6.00. The summed E-state index contributed by atoms with van der Waals surface area (Å²) in [5.41, 5.74) is -0.0249. The molecule has 20 heavy (non-hydrogen) atoms. The number of thiazole rings is 1. The van der Waals surface area contributed by atoms with Crippen LogP contribution in [0.1, 0.15) is 5.56 Å². The number of benzene rings is 1. The third-order valence-corrected chi connectivity index (χ3v) is 4.40. The minimum absolute atomic E-state index is 0.0249. The average Bonchev–Trinajstić information content (AvgIpc) is 2.88. The van der Waals surface area contributed by atoms with Gasteiger partial charge in [-0.25, -0.2) is 17.8 Å². The summed E-state index contributed by atoms with van der Waals surface area (Å²) in [6.07, 6.45) is 1.46. The van der Waals surface area contributed by atoms with Crippen LogP contribution < -0.4 is 4.72 Å². The molecule has 0 amide bonds. The van der Waals surface area contributed by atoms with Gasteiger partial charge in [0.05, 0.1) is 0 Å². The highest BCUT2D eigenvalue weighted by atomic mass is 32.2. The van der Waals surface area contributed by atoms with Gasteiger partial charge >= 0.3 is 0 Å². The number of aromatic nitrogens is 1. The Balaban J connectivity index is 2.45. The molecule has 0 aliphatic heterocycles. The summed E-state index contributed by atoms with van der Waals surface area (Å²) >= 11 is 1.12. The Bertz CT molecular complexity index is 762. The van der Waals surface area contributed by atoms with Gasteiger partial charge in [0.2, 0.25) is 0 Å². The SMILES string of the molecule is O=S(=O)(Nc1nccs1)c1ccc(F)cc1C#CCO. The maximum atomic E-state index is 13.2. The van der Waals surface area contributed by atoms with Gasteiger partial charge in [-0.15, -0.1) is 11.3 Å². The van der Waals surface area contributed by atoms with Crippen molar-refractivity contribution in [1.29, 1.82) is 0 Å². The van der Waals surface area contributed by atoms with Crippen LogP contribution in [0.2, 0.25) is 0 Å². The molecule has 104 valence electrons. The largest absolute Gasteiger partial charge is 0.384 e. The zero-order chi connectivity index (χ0) is 14.6. The Hall–Kier alpha value is -1.95. The second-order valence-corrected chi connectivity index (χ2v) is 6.09. The third-order valence-electron chi connectivity index (χ3n) is 2.19. The smallest absolute Gasteiger partial charge is 0.264 e. The number of aliphatic hydroxyl groups excluding tert-OH is 1. The first kappa shape index (κ1) is 14.5. The van der Waals surface area contributed by atoms with Gasteiger partial charge in [0.25, 0.3) is 10.0 Å². The van der Waals surface area contributed by atoms with E-state index in [-0.39, 0.29) is 15.6 Å². The van der Waals surface area contributed by atoms with Crippen LogP contribution in [-0.2, 0) is 10.0 Å². The summed E-state index contributed by atoms with van der Waals surface area (Å²) in [6.45, 7) is -0.449. The van der Waals surface area contributed by atoms with Crippen molar-refractivity contribution in [2.45, 2.75) is 4.90 Å². The average molecular weight is 312 g/mol. The Labute approximate surface area is 119 Å². The Morgan fingerprint density at radius 1 is 1.45 bits per heavy atom. The summed E-state index contributed by atoms with van der Waals surface area (Å²) in [5, 5.41) is 10.5. The molecule has 0 unspecified atom stereocenters. The fourth-order valence-electron chi connectivity index (χ4n) is 1.41. The standard InChI is InChI=1S/C12H9FN2O3S2/c13-10-3-4-11(9(8-10)2-1-6-16)20(17,18)15-12-14-5-7-19-12/h3-5,7-8,16H,6H2,(H,14,15). The highest BCUT2D eigenvalue weighted by molar-refractivity contribution is 7.93. The van der Waals surface area contributed by atoms with Crippen molar-refractivity contribution in [3.8, 4) is 11.8 Å². The van der Waals surface area contributed by atoms with Gasteiger partial charge in [0, 0.05) is 17.1 Å². The van der Waals surface area contributed by atoms with E-state index in [1.54, 1.807) is 5.38 Å². The molecule has 0 bridgehead atoms. The van der Waals surface area contributed by atoms with Gasteiger partial charge < -0.3 is 5.11 Å². The second-order valence-electron chi connectivity index (χ2n) is 3.54. The van der Waals surface area contributed by atoms with Crippen molar-refractivity contribution in [3.05, 3.63) is 41.2 Å². The van der Waals surface area contributed by atoms with Gasteiger partial charge in [-0.1, -0.05) is 11.8 Å². The van der Waals surface area contributed by atoms with E-state index in [1.165, 1.54) is 6.20 Å². The molecule has 1 aromatic carbocycles. The number of rotatable bonds is 3. The molecular weight excluding hydrogens is 303 g/mol. The maximum Gasteiger partial charge on any atom is 0.264 e. The zero-order valence-electron chi connectivity index (χ0n) is 10.00. The van der Waals surface area contributed by atoms with Crippen LogP contribution in [0.15, 0.2) is 34.7 Å². The molecule has 0 atom stereocenters. The number of nitrogens with one attached hydrogen (secondary N) is 1. The summed E-state index contributed by atoms with van der Waals surface area (Å²) < 4.78 is 39.9. The summed E-state index contributed by atoms with van der Waals surface area (Å²) in [5.74, 6) is 4.10. The van der Waals surface area contributed by atoms with Crippen molar-refractivity contribution in [3.63, 3.8) is 0 Å². The summed E-state index contributed by atoms with van der Waals surface area (Å²) in [6, 6.07) is 3.15. The normalized spacial score (nSPS) is 10.7. The molecule has 0 saturated heterocycles. The van der Waals surface area contributed by atoms with E-state index in [9.17, 15) is 12.8 Å². The van der Waals surface area contributed by atoms with E-state index in [2.05, 4.69) is 21.5 Å². The molecular formula is C12H9FN2O3S2. The van der Waals surface area contributed by atoms with Crippen molar-refractivity contribution in [2.24, 2.45) is 0 Å². The van der Waals surface area contributed by atoms with E-state index < -0.39 is 22.4 Å². The first-order valence-electron chi connectivity index (χ1n) is 5.34. The van der Waals surface area contributed by atoms with Crippen LogP contribution in [0.3, 0.4) is 0 Å². The molecule has 0 saturated carbocycles. The number of aliphatic hydroxyl groups is 1. The molecule has 0 radical (unpaired) electrons. The summed E-state index contributed by atoms with van der Waals surface area (Å²) in [7, 11) is -3.91. The lowest BCUT2D eigenvalue weighted by Gasteiger charge is -2.07. The number of hydrogen-bond acceptors (Lipinski definition) is 5. The highest BCUT2D eigenvalue weighted by Crippen LogP contribution is 2.21. The molecule has 0 aliphatic carbocycles. The molecule has 1 heterocycles. The first-order valence-corrected chi connectivity index (χ1v) is 7.71. The molecule has 0 fully saturated rings. The first-order chi connectivity index (χ1) is 9.53. The topological polar surface area (TPSA) is 79.3 Å². The molecule has 0 aliphatic rings. The predicted octanol–water partition coefficient (Wildman–Crippen LogP) is 1.43. The van der Waals surface area contributed by atoms with Gasteiger partial charge in [0.15, 0.2) is 5.13 Å². The van der Waals surface area contributed by atoms with Crippen molar-refractivity contribution in [2.75, 3.05) is 11.3 Å². The maximum absolute atomic E-state index is 13.2. The molecule has 2 aromatic rings. The minimum Gasteiger partial charge on any atom is -0.384 e. The lowest BCUT2D eigenvalue weighted by molar-refractivity contribution is 0.350. The third kappa shape index (κ3) is 3.33. The highest BCUT2D eigenvalue weighted by Gasteiger charge is 2.19. The lowest BCUT2D eigenvalue weighted by Crippen LogP contribution is -2.14. The number of hydrogen-bond donors (Lipinski definition) is 2. The van der Waals surface area contributed by atoms with E-state index in [1.807, 2.05) is 0 Å². The van der Waals surface area contributed by atoms with E-state index in [0.717, 1.165) is 29.5 Å². The van der Waals surface area contributed by atoms with E-state index in [0.29, 0.717) is 0 Å². The fraction of sp³-hybridized carbons (Fsp3) is 0.0833. The Morgan fingerprint density at radius 3 is 2.90 bits per heavy atom. The zero-order valence-corrected chi connectivity index (χ0v) is 11.6. The van der Waals surface area contributed by atoms with Crippen molar-refractivity contribution >= 4 is 26.5 Å². The quantitative estimate of drug-likeness (QED) is 0.840. The molecule has 5 nitrogen and oxygen atoms in total. The van der Waals surface area contributed by atoms with Crippen LogP contribution in [0.5, 0.6) is 0 Å². The molecule has 2 N–H and O–H groups in total. The van der Waals surface area contributed by atoms with E-state index >= 15 is 0 Å². The monoisotopic (exact) mass is 312 g/mol. The van der Waals surface area contributed by atoms with Gasteiger partial charge in [-0.3, -0.25) is 4.72 Å². The van der Waals surface area contributed by atoms with Gasteiger partial charge in [-0.05, 0) is 18.2 Å². The van der Waals surface area contributed by atoms with Crippen molar-refractivity contribution < 1.29 is 17.9 Å². The number of halogens is 1. The van der Waals surface area contributed by atoms with Gasteiger partial charge in [0.1, 0.15) is 17.3 Å². The van der Waals surface area contributed by atoms with Crippen LogP contribution >= 0.6 is 11.3 Å². The molecule has 2 rings (SSSR count). The number of nitrogens with zero attached hydrogens (tertiary/aromatic N) is 1. The number of anilines is 1. The predicted molar refractivity (Wildman–Crippen MR) is 73.3 cm³/mol. The van der Waals surface area contributed by atoms with Crippen LogP contribution in [-0.4, -0.2) is 25.1 Å². The Kier molecular flexibility index (Phi) is 4.34. The fourth-order valence-corrected chi connectivity index (χ4v) is 3.35. The lowest BCUT2D eigenvalue weighted by atomic mass is 10.2. The molecule has 1 aromatic heterocycles. The molecule has 0 spiro atoms. The molecule has 8 heteroatoms. The summed E-state index contributed by atoms with van der Waals surface area (Å²) in [4.78, 5) is 3.64.